The van der Waals surface area contributed by atoms with Crippen molar-refractivity contribution in [1.29, 1.82) is 0 Å². The van der Waals surface area contributed by atoms with Gasteiger partial charge in [0.25, 0.3) is 0 Å². The lowest BCUT2D eigenvalue weighted by Crippen LogP contribution is -2.17. The van der Waals surface area contributed by atoms with E-state index in [1.807, 2.05) is 62.7 Å². The van der Waals surface area contributed by atoms with Crippen molar-refractivity contribution in [1.82, 2.24) is 5.32 Å². The van der Waals surface area contributed by atoms with Crippen LogP contribution in [0, 0.1) is 6.92 Å². The van der Waals surface area contributed by atoms with Crippen molar-refractivity contribution >= 4 is 17.5 Å². The number of hydrogen-bond acceptors (Lipinski definition) is 4. The van der Waals surface area contributed by atoms with E-state index in [4.69, 9.17) is 0 Å². The summed E-state index contributed by atoms with van der Waals surface area (Å²) >= 11 is 0. The molecule has 0 aliphatic rings. The van der Waals surface area contributed by atoms with Crippen LogP contribution < -0.4 is 10.4 Å². The van der Waals surface area contributed by atoms with Crippen molar-refractivity contribution in [3.63, 3.8) is 0 Å². The molecule has 2 aromatic rings. The first-order valence-electron chi connectivity index (χ1n) is 10.6. The standard InChI is InChI=1S/C26H35N3O/c1-20(2)24-12-8-9-14-26(24)29(30)22(4)19-23(15-18-28-17-10-16-27-5)25-13-7-6-11-21(25)3/h6-9,11-15,18-20,27,30H,10,16-17H2,1-5H3/b22-19+,23-15-,28-18?. The highest BCUT2D eigenvalue weighted by Crippen LogP contribution is 2.30. The van der Waals surface area contributed by atoms with E-state index in [2.05, 4.69) is 49.3 Å². The molecule has 0 saturated carbocycles. The van der Waals surface area contributed by atoms with E-state index in [1.165, 1.54) is 10.6 Å². The summed E-state index contributed by atoms with van der Waals surface area (Å²) in [6.07, 6.45) is 6.91. The number of nitrogens with zero attached hydrogens (tertiary/aromatic N) is 2. The van der Waals surface area contributed by atoms with E-state index in [0.717, 1.165) is 47.6 Å². The molecule has 0 aliphatic heterocycles. The summed E-state index contributed by atoms with van der Waals surface area (Å²) in [4.78, 5) is 4.50. The lowest BCUT2D eigenvalue weighted by atomic mass is 9.98. The molecule has 0 spiro atoms. The summed E-state index contributed by atoms with van der Waals surface area (Å²) in [5.74, 6) is 0.319. The normalized spacial score (nSPS) is 12.8. The Balaban J connectivity index is 2.36. The Hall–Kier alpha value is -2.69. The second-order valence-electron chi connectivity index (χ2n) is 7.76. The predicted molar refractivity (Wildman–Crippen MR) is 130 cm³/mol. The molecular formula is C26H35N3O. The van der Waals surface area contributed by atoms with Gasteiger partial charge in [-0.15, -0.1) is 0 Å². The largest absolute Gasteiger partial charge is 0.320 e. The number of benzene rings is 2. The summed E-state index contributed by atoms with van der Waals surface area (Å²) in [7, 11) is 1.95. The van der Waals surface area contributed by atoms with Gasteiger partial charge < -0.3 is 5.32 Å². The summed E-state index contributed by atoms with van der Waals surface area (Å²) in [6, 6.07) is 16.2. The highest BCUT2D eigenvalue weighted by Gasteiger charge is 2.13. The van der Waals surface area contributed by atoms with Crippen molar-refractivity contribution < 1.29 is 5.21 Å². The molecule has 0 amide bonds. The lowest BCUT2D eigenvalue weighted by molar-refractivity contribution is 0.283. The Bertz CT molecular complexity index is 897. The maximum absolute atomic E-state index is 10.9. The molecule has 0 atom stereocenters. The Morgan fingerprint density at radius 3 is 2.53 bits per heavy atom. The summed E-state index contributed by atoms with van der Waals surface area (Å²) in [5, 5.41) is 15.4. The van der Waals surface area contributed by atoms with E-state index >= 15 is 0 Å². The number of rotatable bonds is 10. The maximum Gasteiger partial charge on any atom is 0.0723 e. The van der Waals surface area contributed by atoms with Gasteiger partial charge in [0.05, 0.1) is 5.69 Å². The molecule has 0 bridgehead atoms. The van der Waals surface area contributed by atoms with Crippen LogP contribution in [0.2, 0.25) is 0 Å². The van der Waals surface area contributed by atoms with Gasteiger partial charge in [0.2, 0.25) is 0 Å². The van der Waals surface area contributed by atoms with Gasteiger partial charge in [-0.2, -0.15) is 0 Å². The molecule has 0 aromatic heterocycles. The average Bonchev–Trinajstić information content (AvgIpc) is 2.75. The van der Waals surface area contributed by atoms with Crippen LogP contribution in [0.5, 0.6) is 0 Å². The zero-order valence-electron chi connectivity index (χ0n) is 18.9. The summed E-state index contributed by atoms with van der Waals surface area (Å²) in [6.45, 7) is 10.0. The fraction of sp³-hybridized carbons (Fsp3) is 0.346. The van der Waals surface area contributed by atoms with Crippen LogP contribution in [0.15, 0.2) is 71.4 Å². The molecule has 2 N–H and O–H groups in total. The average molecular weight is 406 g/mol. The molecule has 0 heterocycles. The molecule has 0 saturated heterocycles. The van der Waals surface area contributed by atoms with Gasteiger partial charge in [0.1, 0.15) is 0 Å². The highest BCUT2D eigenvalue weighted by molar-refractivity contribution is 5.89. The molecule has 0 fully saturated rings. The van der Waals surface area contributed by atoms with Gasteiger partial charge >= 0.3 is 0 Å². The zero-order chi connectivity index (χ0) is 21.9. The van der Waals surface area contributed by atoms with Crippen LogP contribution in [-0.4, -0.2) is 31.6 Å². The monoisotopic (exact) mass is 405 g/mol. The molecule has 4 heteroatoms. The Morgan fingerprint density at radius 2 is 1.83 bits per heavy atom. The molecule has 2 rings (SSSR count). The third-order valence-electron chi connectivity index (χ3n) is 5.01. The quantitative estimate of drug-likeness (QED) is 0.221. The number of aliphatic imine (C=N–C) groups is 1. The number of nitrogens with one attached hydrogen (secondary N) is 1. The number of hydroxylamine groups is 1. The first-order chi connectivity index (χ1) is 14.5. The van der Waals surface area contributed by atoms with Gasteiger partial charge in [0.15, 0.2) is 0 Å². The number of para-hydroxylation sites is 1. The topological polar surface area (TPSA) is 47.9 Å². The molecule has 0 aliphatic carbocycles. The fourth-order valence-electron chi connectivity index (χ4n) is 3.31. The minimum Gasteiger partial charge on any atom is -0.320 e. The summed E-state index contributed by atoms with van der Waals surface area (Å²) < 4.78 is 0. The van der Waals surface area contributed by atoms with Crippen molar-refractivity contribution in [2.45, 2.75) is 40.0 Å². The molecular weight excluding hydrogens is 370 g/mol. The minimum absolute atomic E-state index is 0.319. The van der Waals surface area contributed by atoms with Crippen LogP contribution in [-0.2, 0) is 0 Å². The number of anilines is 1. The van der Waals surface area contributed by atoms with Crippen LogP contribution in [0.1, 0.15) is 49.8 Å². The molecule has 0 unspecified atom stereocenters. The Kier molecular flexibility index (Phi) is 9.52. The van der Waals surface area contributed by atoms with Gasteiger partial charge in [-0.25, -0.2) is 5.06 Å². The van der Waals surface area contributed by atoms with E-state index in [1.54, 1.807) is 0 Å². The van der Waals surface area contributed by atoms with Gasteiger partial charge in [-0.1, -0.05) is 56.3 Å². The molecule has 4 nitrogen and oxygen atoms in total. The van der Waals surface area contributed by atoms with Crippen molar-refractivity contribution in [2.24, 2.45) is 4.99 Å². The molecule has 0 radical (unpaired) electrons. The smallest absolute Gasteiger partial charge is 0.0723 e. The first kappa shape index (κ1) is 23.6. The minimum atomic E-state index is 0.319. The number of aryl methyl sites for hydroxylation is 1. The van der Waals surface area contributed by atoms with E-state index in [0.29, 0.717) is 5.92 Å². The number of hydrogen-bond donors (Lipinski definition) is 2. The highest BCUT2D eigenvalue weighted by atomic mass is 16.5. The Morgan fingerprint density at radius 1 is 1.13 bits per heavy atom. The number of allylic oxidation sites excluding steroid dienone is 4. The second kappa shape index (κ2) is 12.1. The predicted octanol–water partition coefficient (Wildman–Crippen LogP) is 5.98. The third kappa shape index (κ3) is 6.68. The molecule has 2 aromatic carbocycles. The van der Waals surface area contributed by atoms with Crippen LogP contribution >= 0.6 is 0 Å². The van der Waals surface area contributed by atoms with Gasteiger partial charge in [0, 0.05) is 18.5 Å². The lowest BCUT2D eigenvalue weighted by Gasteiger charge is -2.23. The van der Waals surface area contributed by atoms with Gasteiger partial charge in [-0.3, -0.25) is 10.2 Å². The van der Waals surface area contributed by atoms with Crippen LogP contribution in [0.4, 0.5) is 5.69 Å². The maximum atomic E-state index is 10.9. The van der Waals surface area contributed by atoms with Crippen molar-refractivity contribution in [2.75, 3.05) is 25.2 Å². The zero-order valence-corrected chi connectivity index (χ0v) is 18.9. The van der Waals surface area contributed by atoms with Gasteiger partial charge in [-0.05, 0) is 80.3 Å². The Labute approximate surface area is 181 Å². The van der Waals surface area contributed by atoms with Crippen molar-refractivity contribution in [3.05, 3.63) is 83.1 Å². The van der Waals surface area contributed by atoms with Crippen LogP contribution in [0.25, 0.3) is 5.57 Å². The molecule has 30 heavy (non-hydrogen) atoms. The SMILES string of the molecule is CNCCCN=C/C=C(/C=C(\C)N(O)c1ccccc1C(C)C)c1ccccc1C. The fourth-order valence-corrected chi connectivity index (χ4v) is 3.31. The van der Waals surface area contributed by atoms with Crippen molar-refractivity contribution in [3.8, 4) is 0 Å². The third-order valence-corrected chi connectivity index (χ3v) is 5.01. The first-order valence-corrected chi connectivity index (χ1v) is 10.6. The molecule has 160 valence electrons. The van der Waals surface area contributed by atoms with Crippen LogP contribution in [0.3, 0.4) is 0 Å². The van der Waals surface area contributed by atoms with E-state index in [9.17, 15) is 5.21 Å². The second-order valence-corrected chi connectivity index (χ2v) is 7.76. The van der Waals surface area contributed by atoms with E-state index in [-0.39, 0.29) is 0 Å². The van der Waals surface area contributed by atoms with E-state index < -0.39 is 0 Å². The summed E-state index contributed by atoms with van der Waals surface area (Å²) in [5.41, 5.74) is 6.00.